The molecule has 0 radical (unpaired) electrons. The Morgan fingerprint density at radius 2 is 2.05 bits per heavy atom. The minimum Gasteiger partial charge on any atom is -0.370 e. The smallest absolute Gasteiger partial charge is 0.191 e. The molecule has 0 saturated carbocycles. The molecule has 1 aromatic rings. The van der Waals surface area contributed by atoms with Gasteiger partial charge in [0.25, 0.3) is 0 Å². The number of rotatable bonds is 4. The number of hydrogen-bond acceptors (Lipinski definition) is 3. The third-order valence-electron chi connectivity index (χ3n) is 3.45. The van der Waals surface area contributed by atoms with Crippen molar-refractivity contribution < 1.29 is 13.9 Å². The molecule has 0 atom stereocenters. The van der Waals surface area contributed by atoms with E-state index in [-0.39, 0.29) is 24.1 Å². The van der Waals surface area contributed by atoms with Crippen molar-refractivity contribution in [3.8, 4) is 0 Å². The topological polar surface area (TPSA) is 38.3 Å². The van der Waals surface area contributed by atoms with E-state index in [1.807, 2.05) is 13.0 Å². The van der Waals surface area contributed by atoms with Gasteiger partial charge in [0.2, 0.25) is 0 Å². The Labute approximate surface area is 113 Å². The van der Waals surface area contributed by atoms with Crippen LogP contribution < -0.4 is 5.32 Å². The van der Waals surface area contributed by atoms with E-state index >= 15 is 0 Å². The van der Waals surface area contributed by atoms with Gasteiger partial charge in [-0.3, -0.25) is 4.79 Å². The molecule has 0 aromatic heterocycles. The van der Waals surface area contributed by atoms with Crippen molar-refractivity contribution in [3.63, 3.8) is 0 Å². The van der Waals surface area contributed by atoms with Crippen LogP contribution in [0.5, 0.6) is 0 Å². The second-order valence-electron chi connectivity index (χ2n) is 5.12. The average Bonchev–Trinajstić information content (AvgIpc) is 2.36. The van der Waals surface area contributed by atoms with Gasteiger partial charge < -0.3 is 10.1 Å². The van der Waals surface area contributed by atoms with Crippen LogP contribution in [0.1, 0.15) is 34.3 Å². The molecule has 1 saturated heterocycles. The van der Waals surface area contributed by atoms with Crippen LogP contribution in [0.15, 0.2) is 12.1 Å². The Morgan fingerprint density at radius 3 is 2.68 bits per heavy atom. The number of hydrogen-bond donors (Lipinski definition) is 1. The summed E-state index contributed by atoms with van der Waals surface area (Å²) in [5, 5.41) is 3.23. The van der Waals surface area contributed by atoms with Gasteiger partial charge in [-0.05, 0) is 57.0 Å². The molecule has 1 N–H and O–H groups in total. The summed E-state index contributed by atoms with van der Waals surface area (Å²) >= 11 is 0. The first kappa shape index (κ1) is 14.2. The van der Waals surface area contributed by atoms with Gasteiger partial charge in [0, 0.05) is 0 Å². The molecule has 0 spiro atoms. The highest BCUT2D eigenvalue weighted by molar-refractivity contribution is 5.98. The fourth-order valence-electron chi connectivity index (χ4n) is 2.50. The van der Waals surface area contributed by atoms with E-state index in [1.165, 1.54) is 6.07 Å². The number of aryl methyl sites for hydroxylation is 2. The van der Waals surface area contributed by atoms with Crippen molar-refractivity contribution in [2.24, 2.45) is 0 Å². The minimum absolute atomic E-state index is 0.0362. The van der Waals surface area contributed by atoms with Crippen molar-refractivity contribution in [2.45, 2.75) is 32.8 Å². The van der Waals surface area contributed by atoms with Crippen LogP contribution >= 0.6 is 0 Å². The number of carbonyl (C=O) groups is 1. The Morgan fingerprint density at radius 1 is 1.37 bits per heavy atom. The zero-order chi connectivity index (χ0) is 13.8. The lowest BCUT2D eigenvalue weighted by Gasteiger charge is -2.22. The number of benzene rings is 1. The Balaban J connectivity index is 1.99. The lowest BCUT2D eigenvalue weighted by atomic mass is 10.0. The molecule has 0 aliphatic carbocycles. The summed E-state index contributed by atoms with van der Waals surface area (Å²) in [5.74, 6) is -0.718. The molecular formula is C15H20FNO2. The Hall–Kier alpha value is -1.26. The second kappa shape index (κ2) is 6.26. The largest absolute Gasteiger partial charge is 0.370 e. The predicted octanol–water partition coefficient (Wildman–Crippen LogP) is 2.39. The normalized spacial score (nSPS) is 16.6. The van der Waals surface area contributed by atoms with E-state index in [0.29, 0.717) is 5.56 Å². The summed E-state index contributed by atoms with van der Waals surface area (Å²) < 4.78 is 19.4. The monoisotopic (exact) mass is 265 g/mol. The highest BCUT2D eigenvalue weighted by atomic mass is 19.1. The third-order valence-corrected chi connectivity index (χ3v) is 3.45. The molecule has 4 heteroatoms. The third kappa shape index (κ3) is 3.61. The molecule has 104 valence electrons. The number of halogens is 1. The number of nitrogens with one attached hydrogen (secondary N) is 1. The van der Waals surface area contributed by atoms with Crippen LogP contribution in [0.25, 0.3) is 0 Å². The lowest BCUT2D eigenvalue weighted by Crippen LogP contribution is -2.33. The van der Waals surface area contributed by atoms with Crippen LogP contribution in [0.4, 0.5) is 4.39 Å². The van der Waals surface area contributed by atoms with Crippen LogP contribution in [0.3, 0.4) is 0 Å². The van der Waals surface area contributed by atoms with Gasteiger partial charge in [-0.1, -0.05) is 6.07 Å². The molecule has 1 aliphatic rings. The molecule has 2 rings (SSSR count). The van der Waals surface area contributed by atoms with Gasteiger partial charge in [0.05, 0.1) is 11.7 Å². The highest BCUT2D eigenvalue weighted by Gasteiger charge is 2.19. The van der Waals surface area contributed by atoms with Crippen molar-refractivity contribution >= 4 is 5.78 Å². The Kier molecular flexibility index (Phi) is 4.66. The van der Waals surface area contributed by atoms with E-state index in [0.717, 1.165) is 31.5 Å². The van der Waals surface area contributed by atoms with E-state index in [4.69, 9.17) is 4.74 Å². The number of ether oxygens (including phenoxy) is 1. The molecule has 0 amide bonds. The zero-order valence-electron chi connectivity index (χ0n) is 11.5. The van der Waals surface area contributed by atoms with Crippen molar-refractivity contribution in [2.75, 3.05) is 19.7 Å². The first-order chi connectivity index (χ1) is 9.08. The maximum atomic E-state index is 13.8. The minimum atomic E-state index is -0.448. The molecule has 1 aliphatic heterocycles. The quantitative estimate of drug-likeness (QED) is 0.850. The average molecular weight is 265 g/mol. The lowest BCUT2D eigenvalue weighted by molar-refractivity contribution is 0.0315. The fraction of sp³-hybridized carbons (Fsp3) is 0.533. The van der Waals surface area contributed by atoms with Gasteiger partial charge in [-0.25, -0.2) is 4.39 Å². The van der Waals surface area contributed by atoms with Crippen LogP contribution in [-0.4, -0.2) is 31.6 Å². The molecule has 1 fully saturated rings. The van der Waals surface area contributed by atoms with E-state index < -0.39 is 5.82 Å². The molecule has 1 heterocycles. The summed E-state index contributed by atoms with van der Waals surface area (Å²) in [4.78, 5) is 12.1. The van der Waals surface area contributed by atoms with Crippen molar-refractivity contribution in [3.05, 3.63) is 34.6 Å². The summed E-state index contributed by atoms with van der Waals surface area (Å²) in [5.41, 5.74) is 1.67. The van der Waals surface area contributed by atoms with Crippen molar-refractivity contribution in [1.82, 2.24) is 5.32 Å². The molecule has 1 aromatic carbocycles. The number of Topliss-reactive ketones (excluding diaryl/α,β-unsaturated/α-hetero) is 1. The van der Waals surface area contributed by atoms with Gasteiger partial charge in [-0.2, -0.15) is 0 Å². The SMILES string of the molecule is Cc1cc(C)c(C(=O)COC2CCNCC2)c(F)c1. The second-order valence-corrected chi connectivity index (χ2v) is 5.12. The summed E-state index contributed by atoms with van der Waals surface area (Å²) in [7, 11) is 0. The molecule has 0 bridgehead atoms. The van der Waals surface area contributed by atoms with Gasteiger partial charge >= 0.3 is 0 Å². The van der Waals surface area contributed by atoms with Gasteiger partial charge in [0.1, 0.15) is 12.4 Å². The van der Waals surface area contributed by atoms with Crippen LogP contribution in [0.2, 0.25) is 0 Å². The summed E-state index contributed by atoms with van der Waals surface area (Å²) in [6.45, 7) is 5.36. The fourth-order valence-corrected chi connectivity index (χ4v) is 2.50. The number of piperidine rings is 1. The predicted molar refractivity (Wildman–Crippen MR) is 72.0 cm³/mol. The zero-order valence-corrected chi connectivity index (χ0v) is 11.5. The number of carbonyl (C=O) groups excluding carboxylic acids is 1. The molecular weight excluding hydrogens is 245 g/mol. The van der Waals surface area contributed by atoms with Crippen molar-refractivity contribution in [1.29, 1.82) is 0 Å². The van der Waals surface area contributed by atoms with Crippen LogP contribution in [-0.2, 0) is 4.74 Å². The number of ketones is 1. The molecule has 0 unspecified atom stereocenters. The molecule has 19 heavy (non-hydrogen) atoms. The summed E-state index contributed by atoms with van der Waals surface area (Å²) in [6, 6.07) is 3.21. The van der Waals surface area contributed by atoms with Crippen LogP contribution in [0, 0.1) is 19.7 Å². The van der Waals surface area contributed by atoms with E-state index in [9.17, 15) is 9.18 Å². The Bertz CT molecular complexity index is 444. The molecule has 3 nitrogen and oxygen atoms in total. The first-order valence-electron chi connectivity index (χ1n) is 6.70. The van der Waals surface area contributed by atoms with Gasteiger partial charge in [-0.15, -0.1) is 0 Å². The first-order valence-corrected chi connectivity index (χ1v) is 6.70. The standard InChI is InChI=1S/C15H20FNO2/c1-10-7-11(2)15(13(16)8-10)14(18)9-19-12-3-5-17-6-4-12/h7-8,12,17H,3-6,9H2,1-2H3. The summed E-state index contributed by atoms with van der Waals surface area (Å²) in [6.07, 6.45) is 1.92. The highest BCUT2D eigenvalue weighted by Crippen LogP contribution is 2.17. The van der Waals surface area contributed by atoms with E-state index in [1.54, 1.807) is 6.92 Å². The van der Waals surface area contributed by atoms with E-state index in [2.05, 4.69) is 5.32 Å². The maximum absolute atomic E-state index is 13.8. The van der Waals surface area contributed by atoms with Gasteiger partial charge in [0.15, 0.2) is 5.78 Å². The maximum Gasteiger partial charge on any atom is 0.191 e.